The highest BCUT2D eigenvalue weighted by Crippen LogP contribution is 2.36. The third-order valence-electron chi connectivity index (χ3n) is 4.55. The van der Waals surface area contributed by atoms with Crippen LogP contribution < -0.4 is 5.32 Å². The molecule has 1 N–H and O–H groups in total. The summed E-state index contributed by atoms with van der Waals surface area (Å²) in [5.41, 5.74) is 1.05. The topological polar surface area (TPSA) is 64.6 Å². The fourth-order valence-electron chi connectivity index (χ4n) is 3.39. The van der Waals surface area contributed by atoms with E-state index in [0.29, 0.717) is 6.42 Å². The lowest BCUT2D eigenvalue weighted by atomic mass is 9.90. The van der Waals surface area contributed by atoms with E-state index in [1.54, 1.807) is 6.92 Å². The molecule has 0 unspecified atom stereocenters. The second kappa shape index (κ2) is 8.03. The molecule has 0 aliphatic carbocycles. The number of esters is 2. The van der Waals surface area contributed by atoms with Crippen molar-refractivity contribution >= 4 is 22.7 Å². The van der Waals surface area contributed by atoms with Gasteiger partial charge in [-0.05, 0) is 29.7 Å². The van der Waals surface area contributed by atoms with E-state index in [1.165, 1.54) is 7.11 Å². The van der Waals surface area contributed by atoms with Gasteiger partial charge in [0.2, 0.25) is 0 Å². The average molecular weight is 351 g/mol. The Bertz CT molecular complexity index is 875. The lowest BCUT2D eigenvalue weighted by Crippen LogP contribution is -2.33. The van der Waals surface area contributed by atoms with E-state index in [4.69, 9.17) is 9.47 Å². The van der Waals surface area contributed by atoms with Gasteiger partial charge in [0.1, 0.15) is 6.04 Å². The molecular formula is C21H21NO4. The van der Waals surface area contributed by atoms with Gasteiger partial charge in [0, 0.05) is 17.9 Å². The fourth-order valence-corrected chi connectivity index (χ4v) is 3.39. The van der Waals surface area contributed by atoms with E-state index >= 15 is 0 Å². The van der Waals surface area contributed by atoms with E-state index in [9.17, 15) is 9.59 Å². The molecule has 0 spiro atoms. The van der Waals surface area contributed by atoms with Crippen molar-refractivity contribution in [3.63, 3.8) is 0 Å². The predicted molar refractivity (Wildman–Crippen MR) is 98.1 cm³/mol. The summed E-state index contributed by atoms with van der Waals surface area (Å²) >= 11 is 0. The number of carbonyl (C=O) groups is 2. The molecule has 1 aliphatic rings. The second-order valence-corrected chi connectivity index (χ2v) is 6.12. The maximum absolute atomic E-state index is 12.0. The molecule has 1 heterocycles. The normalized spacial score (nSPS) is 21.7. The SMILES string of the molecule is CCOC(=O)C#C[C@@H]1C[C@H](C(=O)OC)N[C@@H]1c1cccc2ccccc12. The smallest absolute Gasteiger partial charge is 0.384 e. The van der Waals surface area contributed by atoms with E-state index < -0.39 is 12.0 Å². The molecule has 1 fully saturated rings. The van der Waals surface area contributed by atoms with Gasteiger partial charge in [-0.2, -0.15) is 0 Å². The van der Waals surface area contributed by atoms with Crippen LogP contribution in [0.4, 0.5) is 0 Å². The largest absolute Gasteiger partial charge is 0.468 e. The van der Waals surface area contributed by atoms with Crippen LogP contribution in [-0.2, 0) is 19.1 Å². The van der Waals surface area contributed by atoms with E-state index in [2.05, 4.69) is 17.2 Å². The van der Waals surface area contributed by atoms with Crippen LogP contribution in [0.5, 0.6) is 0 Å². The molecule has 5 heteroatoms. The number of hydrogen-bond donors (Lipinski definition) is 1. The van der Waals surface area contributed by atoms with Gasteiger partial charge in [-0.3, -0.25) is 10.1 Å². The number of ether oxygens (including phenoxy) is 2. The summed E-state index contributed by atoms with van der Waals surface area (Å²) in [6.07, 6.45) is 0.479. The van der Waals surface area contributed by atoms with Crippen molar-refractivity contribution in [2.24, 2.45) is 5.92 Å². The third-order valence-corrected chi connectivity index (χ3v) is 4.55. The number of carbonyl (C=O) groups excluding carboxylic acids is 2. The van der Waals surface area contributed by atoms with Gasteiger partial charge in [-0.25, -0.2) is 4.79 Å². The minimum Gasteiger partial charge on any atom is -0.468 e. The minimum atomic E-state index is -0.550. The zero-order valence-corrected chi connectivity index (χ0v) is 14.8. The summed E-state index contributed by atoms with van der Waals surface area (Å²) in [4.78, 5) is 23.6. The first-order chi connectivity index (χ1) is 12.6. The van der Waals surface area contributed by atoms with Crippen LogP contribution in [0.3, 0.4) is 0 Å². The molecule has 3 atom stereocenters. The van der Waals surface area contributed by atoms with Gasteiger partial charge in [0.15, 0.2) is 0 Å². The van der Waals surface area contributed by atoms with Crippen molar-refractivity contribution in [2.75, 3.05) is 13.7 Å². The van der Waals surface area contributed by atoms with E-state index in [0.717, 1.165) is 16.3 Å². The lowest BCUT2D eigenvalue weighted by Gasteiger charge is -2.18. The third kappa shape index (κ3) is 3.71. The van der Waals surface area contributed by atoms with Crippen molar-refractivity contribution in [3.05, 3.63) is 48.0 Å². The first-order valence-corrected chi connectivity index (χ1v) is 8.64. The number of rotatable bonds is 3. The summed E-state index contributed by atoms with van der Waals surface area (Å²) in [5.74, 6) is 4.47. The Morgan fingerprint density at radius 1 is 1.19 bits per heavy atom. The van der Waals surface area contributed by atoms with Gasteiger partial charge >= 0.3 is 11.9 Å². The van der Waals surface area contributed by atoms with Crippen molar-refractivity contribution in [1.29, 1.82) is 0 Å². The molecule has 134 valence electrons. The number of nitrogens with one attached hydrogen (secondary N) is 1. The predicted octanol–water partition coefficient (Wildman–Crippen LogP) is 2.60. The molecule has 1 saturated heterocycles. The Hall–Kier alpha value is -2.84. The van der Waals surface area contributed by atoms with Crippen molar-refractivity contribution in [1.82, 2.24) is 5.32 Å². The Morgan fingerprint density at radius 2 is 1.96 bits per heavy atom. The van der Waals surface area contributed by atoms with Crippen molar-refractivity contribution < 1.29 is 19.1 Å². The zero-order valence-electron chi connectivity index (χ0n) is 14.8. The standard InChI is InChI=1S/C21H21NO4/c1-3-26-19(23)12-11-15-13-18(21(24)25-2)22-20(15)17-10-6-8-14-7-4-5-9-16(14)17/h4-10,15,18,20,22H,3,13H2,1-2H3/t15-,18-,20+/m1/s1. The molecule has 0 radical (unpaired) electrons. The molecule has 2 aromatic rings. The number of methoxy groups -OCH3 is 1. The minimum absolute atomic E-state index is 0.174. The Balaban J connectivity index is 1.97. The monoisotopic (exact) mass is 351 g/mol. The van der Waals surface area contributed by atoms with Crippen LogP contribution in [0.2, 0.25) is 0 Å². The van der Waals surface area contributed by atoms with Gasteiger partial charge in [-0.1, -0.05) is 48.4 Å². The fraction of sp³-hybridized carbons (Fsp3) is 0.333. The molecule has 1 aliphatic heterocycles. The number of benzene rings is 2. The highest BCUT2D eigenvalue weighted by atomic mass is 16.5. The quantitative estimate of drug-likeness (QED) is 0.523. The summed E-state index contributed by atoms with van der Waals surface area (Å²) < 4.78 is 9.76. The molecular weight excluding hydrogens is 330 g/mol. The molecule has 26 heavy (non-hydrogen) atoms. The molecule has 0 bridgehead atoms. The van der Waals surface area contributed by atoms with Crippen LogP contribution in [0.25, 0.3) is 10.8 Å². The molecule has 0 amide bonds. The number of fused-ring (bicyclic) bond motifs is 1. The highest BCUT2D eigenvalue weighted by molar-refractivity contribution is 5.89. The van der Waals surface area contributed by atoms with Crippen LogP contribution in [0, 0.1) is 17.8 Å². The highest BCUT2D eigenvalue weighted by Gasteiger charge is 2.38. The van der Waals surface area contributed by atoms with E-state index in [1.807, 2.05) is 42.5 Å². The van der Waals surface area contributed by atoms with Crippen LogP contribution >= 0.6 is 0 Å². The summed E-state index contributed by atoms with van der Waals surface area (Å²) in [6, 6.07) is 13.5. The molecule has 3 rings (SSSR count). The number of hydrogen-bond acceptors (Lipinski definition) is 5. The molecule has 0 saturated carbocycles. The first-order valence-electron chi connectivity index (χ1n) is 8.64. The molecule has 0 aromatic heterocycles. The van der Waals surface area contributed by atoms with E-state index in [-0.39, 0.29) is 24.5 Å². The van der Waals surface area contributed by atoms with Crippen molar-refractivity contribution in [3.8, 4) is 11.8 Å². The van der Waals surface area contributed by atoms with Crippen molar-refractivity contribution in [2.45, 2.75) is 25.4 Å². The van der Waals surface area contributed by atoms with Gasteiger partial charge in [-0.15, -0.1) is 0 Å². The Kier molecular flexibility index (Phi) is 5.55. The van der Waals surface area contributed by atoms with Crippen LogP contribution in [0.1, 0.15) is 24.9 Å². The molecule has 5 nitrogen and oxygen atoms in total. The Labute approximate surface area is 152 Å². The maximum atomic E-state index is 12.0. The molecule has 2 aromatic carbocycles. The summed E-state index contributed by atoms with van der Waals surface area (Å²) in [7, 11) is 1.37. The van der Waals surface area contributed by atoms with Crippen LogP contribution in [0.15, 0.2) is 42.5 Å². The lowest BCUT2D eigenvalue weighted by molar-refractivity contribution is -0.142. The summed E-state index contributed by atoms with van der Waals surface area (Å²) in [6.45, 7) is 2.02. The van der Waals surface area contributed by atoms with Gasteiger partial charge < -0.3 is 9.47 Å². The maximum Gasteiger partial charge on any atom is 0.384 e. The van der Waals surface area contributed by atoms with Gasteiger partial charge in [0.25, 0.3) is 0 Å². The summed E-state index contributed by atoms with van der Waals surface area (Å²) in [5, 5.41) is 5.54. The van der Waals surface area contributed by atoms with Gasteiger partial charge in [0.05, 0.1) is 13.7 Å². The average Bonchev–Trinajstić information content (AvgIpc) is 3.09. The zero-order chi connectivity index (χ0) is 18.5. The van der Waals surface area contributed by atoms with Crippen LogP contribution in [-0.4, -0.2) is 31.7 Å². The second-order valence-electron chi connectivity index (χ2n) is 6.12. The first kappa shape index (κ1) is 18.0. The Morgan fingerprint density at radius 3 is 2.73 bits per heavy atom.